The van der Waals surface area contributed by atoms with Gasteiger partial charge in [0.2, 0.25) is 0 Å². The third-order valence-corrected chi connectivity index (χ3v) is 3.49. The van der Waals surface area contributed by atoms with Crippen LogP contribution >= 0.6 is 0 Å². The number of methoxy groups -OCH3 is 1. The highest BCUT2D eigenvalue weighted by atomic mass is 16.5. The van der Waals surface area contributed by atoms with E-state index in [0.717, 1.165) is 26.1 Å². The maximum absolute atomic E-state index is 5.14. The fourth-order valence-electron chi connectivity index (χ4n) is 1.93. The molecular formula is C16H27NO. The minimum Gasteiger partial charge on any atom is -0.385 e. The first-order valence-electron chi connectivity index (χ1n) is 6.70. The molecule has 0 unspecified atom stereocenters. The van der Waals surface area contributed by atoms with Crippen LogP contribution in [0, 0.1) is 19.3 Å². The molecule has 0 radical (unpaired) electrons. The first-order valence-corrected chi connectivity index (χ1v) is 6.70. The van der Waals surface area contributed by atoms with Crippen LogP contribution in [0.3, 0.4) is 0 Å². The topological polar surface area (TPSA) is 21.3 Å². The van der Waals surface area contributed by atoms with Crippen molar-refractivity contribution in [3.05, 3.63) is 34.9 Å². The van der Waals surface area contributed by atoms with Gasteiger partial charge in [-0.15, -0.1) is 0 Å². The molecule has 1 rings (SSSR count). The second-order valence-electron chi connectivity index (χ2n) is 5.93. The quantitative estimate of drug-likeness (QED) is 0.799. The molecule has 0 aliphatic heterocycles. The van der Waals surface area contributed by atoms with E-state index >= 15 is 0 Å². The highest BCUT2D eigenvalue weighted by molar-refractivity contribution is 5.29. The number of rotatable bonds is 7. The molecule has 2 nitrogen and oxygen atoms in total. The maximum atomic E-state index is 5.14. The number of hydrogen-bond acceptors (Lipinski definition) is 2. The molecule has 2 heteroatoms. The smallest absolute Gasteiger partial charge is 0.0467 e. The van der Waals surface area contributed by atoms with E-state index in [1.807, 2.05) is 0 Å². The second-order valence-corrected chi connectivity index (χ2v) is 5.93. The van der Waals surface area contributed by atoms with Crippen molar-refractivity contribution in [2.24, 2.45) is 5.41 Å². The molecule has 0 saturated heterocycles. The Balaban J connectivity index is 2.39. The zero-order valence-corrected chi connectivity index (χ0v) is 12.5. The van der Waals surface area contributed by atoms with Crippen LogP contribution in [0.25, 0.3) is 0 Å². The average molecular weight is 249 g/mol. The number of nitrogens with one attached hydrogen (secondary N) is 1. The first kappa shape index (κ1) is 15.2. The molecule has 0 amide bonds. The highest BCUT2D eigenvalue weighted by Gasteiger charge is 2.16. The monoisotopic (exact) mass is 249 g/mol. The zero-order chi connectivity index (χ0) is 13.6. The summed E-state index contributed by atoms with van der Waals surface area (Å²) in [6.45, 7) is 11.7. The number of benzene rings is 1. The van der Waals surface area contributed by atoms with Gasteiger partial charge in [-0.2, -0.15) is 0 Å². The van der Waals surface area contributed by atoms with Gasteiger partial charge in [0.25, 0.3) is 0 Å². The van der Waals surface area contributed by atoms with Gasteiger partial charge in [0.15, 0.2) is 0 Å². The Hall–Kier alpha value is -0.860. The van der Waals surface area contributed by atoms with E-state index in [4.69, 9.17) is 4.74 Å². The largest absolute Gasteiger partial charge is 0.385 e. The molecule has 1 N–H and O–H groups in total. The molecule has 0 aliphatic carbocycles. The van der Waals surface area contributed by atoms with E-state index in [1.165, 1.54) is 16.7 Å². The van der Waals surface area contributed by atoms with Crippen LogP contribution in [-0.4, -0.2) is 20.3 Å². The fourth-order valence-corrected chi connectivity index (χ4v) is 1.93. The van der Waals surface area contributed by atoms with Crippen molar-refractivity contribution in [1.29, 1.82) is 0 Å². The lowest BCUT2D eigenvalue weighted by Crippen LogP contribution is -2.30. The summed E-state index contributed by atoms with van der Waals surface area (Å²) in [4.78, 5) is 0. The third kappa shape index (κ3) is 5.19. The van der Waals surface area contributed by atoms with Crippen molar-refractivity contribution < 1.29 is 4.74 Å². The van der Waals surface area contributed by atoms with Crippen LogP contribution < -0.4 is 5.32 Å². The number of hydrogen-bond donors (Lipinski definition) is 1. The van der Waals surface area contributed by atoms with Gasteiger partial charge >= 0.3 is 0 Å². The van der Waals surface area contributed by atoms with Crippen LogP contribution in [0.2, 0.25) is 0 Å². The van der Waals surface area contributed by atoms with Crippen molar-refractivity contribution in [2.75, 3.05) is 20.3 Å². The molecule has 102 valence electrons. The summed E-state index contributed by atoms with van der Waals surface area (Å²) in [5.41, 5.74) is 4.38. The maximum Gasteiger partial charge on any atom is 0.0467 e. The Morgan fingerprint density at radius 1 is 1.17 bits per heavy atom. The van der Waals surface area contributed by atoms with E-state index in [2.05, 4.69) is 51.2 Å². The highest BCUT2D eigenvalue weighted by Crippen LogP contribution is 2.19. The molecular weight excluding hydrogens is 222 g/mol. The SMILES string of the molecule is COCCC(C)(C)CNCc1ccc(C)c(C)c1. The minimum absolute atomic E-state index is 0.287. The second kappa shape index (κ2) is 6.91. The molecule has 0 saturated carbocycles. The predicted molar refractivity (Wildman–Crippen MR) is 77.9 cm³/mol. The Bertz CT molecular complexity index is 371. The lowest BCUT2D eigenvalue weighted by Gasteiger charge is -2.24. The Morgan fingerprint density at radius 3 is 2.50 bits per heavy atom. The van der Waals surface area contributed by atoms with E-state index < -0.39 is 0 Å². The molecule has 0 spiro atoms. The van der Waals surface area contributed by atoms with Crippen LogP contribution in [0.15, 0.2) is 18.2 Å². The first-order chi connectivity index (χ1) is 8.44. The fraction of sp³-hybridized carbons (Fsp3) is 0.625. The summed E-state index contributed by atoms with van der Waals surface area (Å²) in [6, 6.07) is 6.67. The van der Waals surface area contributed by atoms with Gasteiger partial charge in [0.05, 0.1) is 0 Å². The Morgan fingerprint density at radius 2 is 1.89 bits per heavy atom. The minimum atomic E-state index is 0.287. The summed E-state index contributed by atoms with van der Waals surface area (Å²) in [6.07, 6.45) is 1.09. The molecule has 0 bridgehead atoms. The van der Waals surface area contributed by atoms with Gasteiger partial charge in [0, 0.05) is 26.8 Å². The molecule has 0 atom stereocenters. The molecule has 0 aliphatic rings. The molecule has 0 fully saturated rings. The predicted octanol–water partition coefficient (Wildman–Crippen LogP) is 3.46. The average Bonchev–Trinajstić information content (AvgIpc) is 2.31. The standard InChI is InChI=1S/C16H27NO/c1-13-6-7-15(10-14(13)2)11-17-12-16(3,4)8-9-18-5/h6-7,10,17H,8-9,11-12H2,1-5H3. The van der Waals surface area contributed by atoms with Crippen molar-refractivity contribution in [3.8, 4) is 0 Å². The molecule has 18 heavy (non-hydrogen) atoms. The van der Waals surface area contributed by atoms with Gasteiger partial charge in [0.1, 0.15) is 0 Å². The van der Waals surface area contributed by atoms with Gasteiger partial charge < -0.3 is 10.1 Å². The summed E-state index contributed by atoms with van der Waals surface area (Å²) >= 11 is 0. The van der Waals surface area contributed by atoms with Gasteiger partial charge in [-0.1, -0.05) is 32.0 Å². The lowest BCUT2D eigenvalue weighted by molar-refractivity contribution is 0.150. The normalized spacial score (nSPS) is 11.8. The molecule has 1 aromatic rings. The van der Waals surface area contributed by atoms with Crippen molar-refractivity contribution in [3.63, 3.8) is 0 Å². The Kier molecular flexibility index (Phi) is 5.83. The summed E-state index contributed by atoms with van der Waals surface area (Å²) in [7, 11) is 1.76. The molecule has 0 heterocycles. The van der Waals surface area contributed by atoms with Crippen molar-refractivity contribution in [2.45, 2.75) is 40.7 Å². The van der Waals surface area contributed by atoms with Gasteiger partial charge in [-0.05, 0) is 42.4 Å². The van der Waals surface area contributed by atoms with E-state index in [1.54, 1.807) is 7.11 Å². The van der Waals surface area contributed by atoms with Crippen LogP contribution in [0.4, 0.5) is 0 Å². The van der Waals surface area contributed by atoms with E-state index in [-0.39, 0.29) is 5.41 Å². The summed E-state index contributed by atoms with van der Waals surface area (Å²) in [5, 5.41) is 3.54. The van der Waals surface area contributed by atoms with Gasteiger partial charge in [-0.25, -0.2) is 0 Å². The molecule has 0 aromatic heterocycles. The third-order valence-electron chi connectivity index (χ3n) is 3.49. The van der Waals surface area contributed by atoms with Crippen molar-refractivity contribution >= 4 is 0 Å². The van der Waals surface area contributed by atoms with Crippen molar-refractivity contribution in [1.82, 2.24) is 5.32 Å². The van der Waals surface area contributed by atoms with Gasteiger partial charge in [-0.3, -0.25) is 0 Å². The zero-order valence-electron chi connectivity index (χ0n) is 12.5. The summed E-state index contributed by atoms with van der Waals surface area (Å²) in [5.74, 6) is 0. The molecule has 1 aromatic carbocycles. The number of aryl methyl sites for hydroxylation is 2. The van der Waals surface area contributed by atoms with Crippen LogP contribution in [0.1, 0.15) is 37.0 Å². The van der Waals surface area contributed by atoms with E-state index in [9.17, 15) is 0 Å². The summed E-state index contributed by atoms with van der Waals surface area (Å²) < 4.78 is 5.14. The number of ether oxygens (including phenoxy) is 1. The van der Waals surface area contributed by atoms with E-state index in [0.29, 0.717) is 0 Å². The van der Waals surface area contributed by atoms with Crippen LogP contribution in [0.5, 0.6) is 0 Å². The van der Waals surface area contributed by atoms with Crippen LogP contribution in [-0.2, 0) is 11.3 Å². The lowest BCUT2D eigenvalue weighted by atomic mass is 9.89. The Labute approximate surface area is 112 Å².